The summed E-state index contributed by atoms with van der Waals surface area (Å²) in [7, 11) is 0. The lowest BCUT2D eigenvalue weighted by Crippen LogP contribution is -2.56. The molecule has 0 amide bonds. The molecule has 2 nitrogen and oxygen atoms in total. The van der Waals surface area contributed by atoms with Crippen molar-refractivity contribution in [3.63, 3.8) is 0 Å². The lowest BCUT2D eigenvalue weighted by Gasteiger charge is -2.51. The molecule has 84 valence electrons. The second-order valence-corrected chi connectivity index (χ2v) is 6.14. The van der Waals surface area contributed by atoms with Gasteiger partial charge in [0.15, 0.2) is 0 Å². The highest BCUT2D eigenvalue weighted by Crippen LogP contribution is 2.53. The van der Waals surface area contributed by atoms with Crippen LogP contribution < -0.4 is 0 Å². The van der Waals surface area contributed by atoms with E-state index in [4.69, 9.17) is 0 Å². The highest BCUT2D eigenvalue weighted by Gasteiger charge is 2.57. The molecule has 1 aliphatic heterocycles. The number of rotatable bonds is 2. The van der Waals surface area contributed by atoms with Gasteiger partial charge in [0.1, 0.15) is 5.67 Å². The van der Waals surface area contributed by atoms with Gasteiger partial charge in [0.05, 0.1) is 5.54 Å². The number of alkyl halides is 1. The van der Waals surface area contributed by atoms with E-state index in [0.717, 1.165) is 18.6 Å². The van der Waals surface area contributed by atoms with E-state index in [1.165, 1.54) is 5.75 Å². The number of hydrogen-bond donors (Lipinski definition) is 0. The van der Waals surface area contributed by atoms with Crippen molar-refractivity contribution in [3.8, 4) is 0 Å². The predicted molar refractivity (Wildman–Crippen MR) is 59.6 cm³/mol. The fourth-order valence-electron chi connectivity index (χ4n) is 2.94. The number of aliphatic imine (C=N–C) groups is 1. The Morgan fingerprint density at radius 1 is 1.53 bits per heavy atom. The van der Waals surface area contributed by atoms with Crippen molar-refractivity contribution in [2.45, 2.75) is 43.8 Å². The van der Waals surface area contributed by atoms with Gasteiger partial charge in [-0.25, -0.2) is 9.18 Å². The van der Waals surface area contributed by atoms with Crippen LogP contribution in [0.4, 0.5) is 4.39 Å². The van der Waals surface area contributed by atoms with Crippen molar-refractivity contribution >= 4 is 17.8 Å². The van der Waals surface area contributed by atoms with Gasteiger partial charge in [-0.2, -0.15) is 16.8 Å². The van der Waals surface area contributed by atoms with Crippen LogP contribution in [0.25, 0.3) is 0 Å². The number of hydrogen-bond acceptors (Lipinski definition) is 3. The molecule has 2 fully saturated rings. The van der Waals surface area contributed by atoms with Crippen molar-refractivity contribution in [2.24, 2.45) is 10.9 Å². The first kappa shape index (κ1) is 11.2. The second-order valence-electron chi connectivity index (χ2n) is 4.99. The Morgan fingerprint density at radius 3 is 2.73 bits per heavy atom. The van der Waals surface area contributed by atoms with E-state index in [1.807, 2.05) is 11.8 Å². The van der Waals surface area contributed by atoms with E-state index < -0.39 is 11.2 Å². The van der Waals surface area contributed by atoms with Crippen molar-refractivity contribution in [1.82, 2.24) is 0 Å². The van der Waals surface area contributed by atoms with Crippen molar-refractivity contribution in [1.29, 1.82) is 0 Å². The number of nitrogens with zero attached hydrogens (tertiary/aromatic N) is 1. The van der Waals surface area contributed by atoms with E-state index in [0.29, 0.717) is 18.8 Å². The topological polar surface area (TPSA) is 29.4 Å². The molecular formula is C11H16FNOS. The number of carbonyl (C=O) groups excluding carboxylic acids is 1. The minimum Gasteiger partial charge on any atom is -0.244 e. The van der Waals surface area contributed by atoms with Crippen LogP contribution in [0.15, 0.2) is 4.99 Å². The molecule has 4 heteroatoms. The molecule has 2 aliphatic rings. The smallest absolute Gasteiger partial charge is 0.235 e. The Kier molecular flexibility index (Phi) is 2.91. The molecule has 0 aromatic heterocycles. The van der Waals surface area contributed by atoms with Crippen LogP contribution in [-0.4, -0.2) is 28.8 Å². The summed E-state index contributed by atoms with van der Waals surface area (Å²) in [6, 6.07) is 0. The van der Waals surface area contributed by atoms with E-state index >= 15 is 0 Å². The van der Waals surface area contributed by atoms with Crippen LogP contribution in [0.1, 0.15) is 32.6 Å². The van der Waals surface area contributed by atoms with Crippen molar-refractivity contribution < 1.29 is 9.18 Å². The minimum atomic E-state index is -1.12. The second kappa shape index (κ2) is 3.91. The molecule has 0 aromatic carbocycles. The highest BCUT2D eigenvalue weighted by molar-refractivity contribution is 7.99. The minimum absolute atomic E-state index is 0.376. The Morgan fingerprint density at radius 2 is 2.27 bits per heavy atom. The van der Waals surface area contributed by atoms with Gasteiger partial charge in [-0.1, -0.05) is 0 Å². The quantitative estimate of drug-likeness (QED) is 0.538. The zero-order valence-corrected chi connectivity index (χ0v) is 9.78. The zero-order valence-electron chi connectivity index (χ0n) is 8.96. The molecule has 0 aromatic rings. The largest absolute Gasteiger partial charge is 0.244 e. The summed E-state index contributed by atoms with van der Waals surface area (Å²) in [6.45, 7) is 1.60. The molecule has 1 heterocycles. The molecule has 1 saturated heterocycles. The lowest BCUT2D eigenvalue weighted by atomic mass is 9.60. The first-order valence-corrected chi connectivity index (χ1v) is 6.59. The Balaban J connectivity index is 2.10. The van der Waals surface area contributed by atoms with E-state index in [2.05, 4.69) is 4.99 Å². The Hall–Kier alpha value is -0.340. The van der Waals surface area contributed by atoms with Gasteiger partial charge in [0.25, 0.3) is 0 Å². The molecule has 0 spiro atoms. The van der Waals surface area contributed by atoms with Crippen LogP contribution in [-0.2, 0) is 4.79 Å². The zero-order chi connectivity index (χ0) is 10.9. The van der Waals surface area contributed by atoms with Crippen LogP contribution in [0.2, 0.25) is 0 Å². The van der Waals surface area contributed by atoms with Crippen LogP contribution in [0, 0.1) is 5.92 Å². The molecule has 0 N–H and O–H groups in total. The fourth-order valence-corrected chi connectivity index (χ4v) is 4.24. The number of isocyanates is 1. The summed E-state index contributed by atoms with van der Waals surface area (Å²) < 4.78 is 13.6. The summed E-state index contributed by atoms with van der Waals surface area (Å²) in [4.78, 5) is 14.4. The normalized spacial score (nSPS) is 45.3. The first-order valence-electron chi connectivity index (χ1n) is 5.44. The molecule has 15 heavy (non-hydrogen) atoms. The molecular weight excluding hydrogens is 213 g/mol. The van der Waals surface area contributed by atoms with Gasteiger partial charge >= 0.3 is 0 Å². The first-order chi connectivity index (χ1) is 7.08. The maximum Gasteiger partial charge on any atom is 0.235 e. The van der Waals surface area contributed by atoms with Gasteiger partial charge < -0.3 is 0 Å². The van der Waals surface area contributed by atoms with E-state index in [-0.39, 0.29) is 0 Å². The van der Waals surface area contributed by atoms with Crippen LogP contribution >= 0.6 is 11.8 Å². The van der Waals surface area contributed by atoms with E-state index in [9.17, 15) is 9.18 Å². The average molecular weight is 229 g/mol. The monoisotopic (exact) mass is 229 g/mol. The summed E-state index contributed by atoms with van der Waals surface area (Å²) in [5.41, 5.74) is -1.54. The third-order valence-electron chi connectivity index (χ3n) is 3.54. The number of thioether (sulfide) groups is 1. The van der Waals surface area contributed by atoms with Gasteiger partial charge in [-0.05, 0) is 37.2 Å². The van der Waals surface area contributed by atoms with Gasteiger partial charge in [-0.3, -0.25) is 0 Å². The summed E-state index contributed by atoms with van der Waals surface area (Å²) in [5.74, 6) is 2.58. The summed E-state index contributed by atoms with van der Waals surface area (Å²) in [5, 5.41) is 0. The standard InChI is InChI=1S/C11H16FNOS/c1-10(12)6-11(7-10,13-8-14)9-3-2-4-15-5-9/h9H,2-7H2,1H3. The van der Waals surface area contributed by atoms with Crippen molar-refractivity contribution in [3.05, 3.63) is 0 Å². The highest BCUT2D eigenvalue weighted by atomic mass is 32.2. The molecule has 1 saturated carbocycles. The third kappa shape index (κ3) is 2.11. The Labute approximate surface area is 93.7 Å². The van der Waals surface area contributed by atoms with E-state index in [1.54, 1.807) is 13.0 Å². The summed E-state index contributed by atoms with van der Waals surface area (Å²) >= 11 is 1.89. The summed E-state index contributed by atoms with van der Waals surface area (Å²) in [6.07, 6.45) is 4.69. The molecule has 2 rings (SSSR count). The van der Waals surface area contributed by atoms with Gasteiger partial charge in [0.2, 0.25) is 6.08 Å². The predicted octanol–water partition coefficient (Wildman–Crippen LogP) is 2.73. The van der Waals surface area contributed by atoms with Crippen LogP contribution in [0.5, 0.6) is 0 Å². The molecule has 1 atom stereocenters. The average Bonchev–Trinajstić information content (AvgIpc) is 2.16. The van der Waals surface area contributed by atoms with Gasteiger partial charge in [-0.15, -0.1) is 0 Å². The van der Waals surface area contributed by atoms with Gasteiger partial charge in [0, 0.05) is 12.8 Å². The Bertz CT molecular complexity index is 285. The van der Waals surface area contributed by atoms with Crippen LogP contribution in [0.3, 0.4) is 0 Å². The molecule has 0 radical (unpaired) electrons. The molecule has 1 unspecified atom stereocenters. The number of halogens is 1. The third-order valence-corrected chi connectivity index (χ3v) is 4.75. The maximum atomic E-state index is 13.6. The SMILES string of the molecule is CC1(F)CC(N=C=O)(C2CCCSC2)C1. The lowest BCUT2D eigenvalue weighted by molar-refractivity contribution is -0.0240. The fraction of sp³-hybridized carbons (Fsp3) is 0.909. The maximum absolute atomic E-state index is 13.6. The van der Waals surface area contributed by atoms with Crippen molar-refractivity contribution in [2.75, 3.05) is 11.5 Å². The molecule has 0 bridgehead atoms. The molecule has 1 aliphatic carbocycles.